The Labute approximate surface area is 51.3 Å². The minimum atomic E-state index is 0.166. The van der Waals surface area contributed by atoms with Gasteiger partial charge in [-0.3, -0.25) is 0 Å². The molecule has 0 radical (unpaired) electrons. The van der Waals surface area contributed by atoms with Crippen molar-refractivity contribution in [1.82, 2.24) is 0 Å². The van der Waals surface area contributed by atoms with E-state index < -0.39 is 0 Å². The number of hydrogen-bond donors (Lipinski definition) is 1. The molecule has 1 rings (SSSR count). The van der Waals surface area contributed by atoms with Crippen LogP contribution in [0.3, 0.4) is 0 Å². The van der Waals surface area contributed by atoms with Crippen LogP contribution in [0.25, 0.3) is 0 Å². The summed E-state index contributed by atoms with van der Waals surface area (Å²) >= 11 is 0. The second kappa shape index (κ2) is 1.73. The molecule has 0 amide bonds. The highest BCUT2D eigenvalue weighted by molar-refractivity contribution is 4.87. The first kappa shape index (κ1) is 6.09. The van der Waals surface area contributed by atoms with Crippen LogP contribution in [-0.2, 0) is 0 Å². The molecule has 0 aliphatic heterocycles. The highest BCUT2D eigenvalue weighted by atomic mass is 14.7. The zero-order valence-corrected chi connectivity index (χ0v) is 5.78. The van der Waals surface area contributed by atoms with Gasteiger partial charge in [0.1, 0.15) is 0 Å². The third-order valence-electron chi connectivity index (χ3n) is 2.02. The fraction of sp³-hybridized carbons (Fsp3) is 1.00. The molecule has 1 fully saturated rings. The quantitative estimate of drug-likeness (QED) is 0.506. The van der Waals surface area contributed by atoms with Crippen molar-refractivity contribution < 1.29 is 0 Å². The molecule has 2 N–H and O–H groups in total. The van der Waals surface area contributed by atoms with E-state index >= 15 is 0 Å². The summed E-state index contributed by atoms with van der Waals surface area (Å²) in [5.74, 6) is 0.866. The standard InChI is InChI=1S/C7H15N/c1-6-3-4-7(2,8)5-6/h6H,3-5,8H2,1-2H3/t6-,7-/m0/s1. The fourth-order valence-corrected chi connectivity index (χ4v) is 1.58. The minimum Gasteiger partial charge on any atom is -0.325 e. The van der Waals surface area contributed by atoms with Crippen molar-refractivity contribution in [3.05, 3.63) is 0 Å². The van der Waals surface area contributed by atoms with E-state index in [-0.39, 0.29) is 5.54 Å². The van der Waals surface area contributed by atoms with Gasteiger partial charge < -0.3 is 5.73 Å². The van der Waals surface area contributed by atoms with Crippen molar-refractivity contribution in [2.24, 2.45) is 11.7 Å². The minimum absolute atomic E-state index is 0.166. The molecular formula is C7H15N. The van der Waals surface area contributed by atoms with E-state index in [1.807, 2.05) is 0 Å². The largest absolute Gasteiger partial charge is 0.325 e. The van der Waals surface area contributed by atoms with Crippen LogP contribution in [0.1, 0.15) is 33.1 Å². The van der Waals surface area contributed by atoms with Gasteiger partial charge in [-0.25, -0.2) is 0 Å². The van der Waals surface area contributed by atoms with Crippen LogP contribution in [-0.4, -0.2) is 5.54 Å². The highest BCUT2D eigenvalue weighted by Gasteiger charge is 2.28. The van der Waals surface area contributed by atoms with Crippen LogP contribution in [0.2, 0.25) is 0 Å². The molecule has 0 heterocycles. The second-order valence-corrected chi connectivity index (χ2v) is 3.50. The van der Waals surface area contributed by atoms with Crippen molar-refractivity contribution in [3.63, 3.8) is 0 Å². The van der Waals surface area contributed by atoms with Crippen LogP contribution in [0.5, 0.6) is 0 Å². The van der Waals surface area contributed by atoms with Gasteiger partial charge in [0.15, 0.2) is 0 Å². The maximum Gasteiger partial charge on any atom is 0.0128 e. The first-order valence-corrected chi connectivity index (χ1v) is 3.39. The van der Waals surface area contributed by atoms with Crippen molar-refractivity contribution >= 4 is 0 Å². The van der Waals surface area contributed by atoms with E-state index in [0.717, 1.165) is 5.92 Å². The van der Waals surface area contributed by atoms with Gasteiger partial charge in [-0.05, 0) is 32.1 Å². The molecule has 1 saturated carbocycles. The molecule has 0 aromatic carbocycles. The monoisotopic (exact) mass is 113 g/mol. The molecule has 1 aliphatic rings. The van der Waals surface area contributed by atoms with Gasteiger partial charge in [0.05, 0.1) is 0 Å². The van der Waals surface area contributed by atoms with Crippen molar-refractivity contribution in [3.8, 4) is 0 Å². The van der Waals surface area contributed by atoms with Crippen LogP contribution < -0.4 is 5.73 Å². The van der Waals surface area contributed by atoms with E-state index in [0.29, 0.717) is 0 Å². The average Bonchev–Trinajstić information content (AvgIpc) is 1.82. The second-order valence-electron chi connectivity index (χ2n) is 3.50. The molecular weight excluding hydrogens is 98.1 g/mol. The van der Waals surface area contributed by atoms with Gasteiger partial charge in [0.25, 0.3) is 0 Å². The summed E-state index contributed by atoms with van der Waals surface area (Å²) in [5.41, 5.74) is 6.03. The molecule has 1 nitrogen and oxygen atoms in total. The lowest BCUT2D eigenvalue weighted by Crippen LogP contribution is -2.32. The number of rotatable bonds is 0. The summed E-state index contributed by atoms with van der Waals surface area (Å²) in [5, 5.41) is 0. The summed E-state index contributed by atoms with van der Waals surface area (Å²) in [4.78, 5) is 0. The Morgan fingerprint density at radius 3 is 2.38 bits per heavy atom. The van der Waals surface area contributed by atoms with Gasteiger partial charge in [-0.2, -0.15) is 0 Å². The summed E-state index contributed by atoms with van der Waals surface area (Å²) in [6, 6.07) is 0. The van der Waals surface area contributed by atoms with E-state index in [1.54, 1.807) is 0 Å². The van der Waals surface area contributed by atoms with Crippen LogP contribution >= 0.6 is 0 Å². The molecule has 1 aliphatic carbocycles. The van der Waals surface area contributed by atoms with E-state index in [2.05, 4.69) is 13.8 Å². The SMILES string of the molecule is C[C@H]1CC[C@](C)(N)C1. The predicted octanol–water partition coefficient (Wildman–Crippen LogP) is 1.52. The molecule has 0 bridgehead atoms. The van der Waals surface area contributed by atoms with Gasteiger partial charge in [0.2, 0.25) is 0 Å². The first-order valence-electron chi connectivity index (χ1n) is 3.39. The first-order chi connectivity index (χ1) is 3.60. The Kier molecular flexibility index (Phi) is 1.31. The number of hydrogen-bond acceptors (Lipinski definition) is 1. The third-order valence-corrected chi connectivity index (χ3v) is 2.02. The van der Waals surface area contributed by atoms with Gasteiger partial charge in [-0.15, -0.1) is 0 Å². The van der Waals surface area contributed by atoms with Crippen molar-refractivity contribution in [1.29, 1.82) is 0 Å². The predicted molar refractivity (Wildman–Crippen MR) is 35.6 cm³/mol. The van der Waals surface area contributed by atoms with Crippen molar-refractivity contribution in [2.45, 2.75) is 38.6 Å². The third kappa shape index (κ3) is 1.22. The van der Waals surface area contributed by atoms with Gasteiger partial charge in [0, 0.05) is 5.54 Å². The Balaban J connectivity index is 2.44. The van der Waals surface area contributed by atoms with E-state index in [1.165, 1.54) is 19.3 Å². The molecule has 0 aromatic heterocycles. The summed E-state index contributed by atoms with van der Waals surface area (Å²) in [7, 11) is 0. The summed E-state index contributed by atoms with van der Waals surface area (Å²) in [6.45, 7) is 4.43. The molecule has 0 spiro atoms. The molecule has 0 aromatic rings. The lowest BCUT2D eigenvalue weighted by molar-refractivity contribution is 0.464. The topological polar surface area (TPSA) is 26.0 Å². The van der Waals surface area contributed by atoms with Gasteiger partial charge in [-0.1, -0.05) is 6.92 Å². The Bertz CT molecular complexity index is 86.4. The van der Waals surface area contributed by atoms with E-state index in [9.17, 15) is 0 Å². The normalized spacial score (nSPS) is 47.6. The smallest absolute Gasteiger partial charge is 0.0128 e. The van der Waals surface area contributed by atoms with Crippen LogP contribution in [0, 0.1) is 5.92 Å². The van der Waals surface area contributed by atoms with Crippen LogP contribution in [0.15, 0.2) is 0 Å². The Hall–Kier alpha value is -0.0400. The molecule has 2 atom stereocenters. The maximum atomic E-state index is 5.87. The summed E-state index contributed by atoms with van der Waals surface area (Å²) < 4.78 is 0. The lowest BCUT2D eigenvalue weighted by atomic mass is 10.0. The van der Waals surface area contributed by atoms with Gasteiger partial charge >= 0.3 is 0 Å². The molecule has 48 valence electrons. The van der Waals surface area contributed by atoms with Crippen molar-refractivity contribution in [2.75, 3.05) is 0 Å². The fourth-order valence-electron chi connectivity index (χ4n) is 1.58. The molecule has 0 saturated heterocycles. The van der Waals surface area contributed by atoms with E-state index in [4.69, 9.17) is 5.73 Å². The zero-order chi connectivity index (χ0) is 6.20. The molecule has 0 unspecified atom stereocenters. The zero-order valence-electron chi connectivity index (χ0n) is 5.78. The molecule has 1 heteroatoms. The molecule has 8 heavy (non-hydrogen) atoms. The van der Waals surface area contributed by atoms with Crippen LogP contribution in [0.4, 0.5) is 0 Å². The highest BCUT2D eigenvalue weighted by Crippen LogP contribution is 2.31. The number of nitrogens with two attached hydrogens (primary N) is 1. The summed E-state index contributed by atoms with van der Waals surface area (Å²) in [6.07, 6.45) is 3.76. The lowest BCUT2D eigenvalue weighted by Gasteiger charge is -2.15. The Morgan fingerprint density at radius 2 is 2.25 bits per heavy atom. The Morgan fingerprint density at radius 1 is 1.62 bits per heavy atom. The maximum absolute atomic E-state index is 5.87. The average molecular weight is 113 g/mol.